The zero-order valence-electron chi connectivity index (χ0n) is 20.4. The van der Waals surface area contributed by atoms with Crippen molar-refractivity contribution in [2.75, 3.05) is 5.32 Å². The summed E-state index contributed by atoms with van der Waals surface area (Å²) >= 11 is 6.33. The van der Waals surface area contributed by atoms with Crippen molar-refractivity contribution in [2.24, 2.45) is 0 Å². The summed E-state index contributed by atoms with van der Waals surface area (Å²) in [6, 6.07) is 10.4. The molecule has 3 aromatic carbocycles. The second-order valence-electron chi connectivity index (χ2n) is 9.17. The minimum Gasteiger partial charge on any atom is -0.341 e. The third-order valence-corrected chi connectivity index (χ3v) is 6.92. The van der Waals surface area contributed by atoms with Crippen molar-refractivity contribution in [3.8, 4) is 5.69 Å². The minimum atomic E-state index is -4.90. The third-order valence-electron chi connectivity index (χ3n) is 6.58. The van der Waals surface area contributed by atoms with Crippen molar-refractivity contribution in [1.29, 1.82) is 0 Å². The molecule has 6 rings (SSSR count). The lowest BCUT2D eigenvalue weighted by atomic mass is 9.95. The van der Waals surface area contributed by atoms with Crippen molar-refractivity contribution >= 4 is 40.3 Å². The van der Waals surface area contributed by atoms with Gasteiger partial charge in [-0.05, 0) is 60.7 Å². The molecule has 0 fully saturated rings. The summed E-state index contributed by atoms with van der Waals surface area (Å²) in [5.74, 6) is -3.54. The average Bonchev–Trinajstić information content (AvgIpc) is 3.50. The van der Waals surface area contributed by atoms with E-state index in [9.17, 15) is 31.5 Å². The van der Waals surface area contributed by atoms with Crippen LogP contribution in [0.4, 0.5) is 27.6 Å². The van der Waals surface area contributed by atoms with Gasteiger partial charge >= 0.3 is 6.18 Å². The van der Waals surface area contributed by atoms with Gasteiger partial charge in [0.05, 0.1) is 22.8 Å². The zero-order valence-corrected chi connectivity index (χ0v) is 21.2. The van der Waals surface area contributed by atoms with Crippen molar-refractivity contribution in [2.45, 2.75) is 12.2 Å². The molecular weight excluding hydrogens is 569 g/mol. The van der Waals surface area contributed by atoms with Crippen LogP contribution in [0.1, 0.15) is 43.4 Å². The Balaban J connectivity index is 1.53. The smallest absolute Gasteiger partial charge is 0.341 e. The number of aromatic nitrogens is 3. The average molecular weight is 584 g/mol. The van der Waals surface area contributed by atoms with E-state index in [1.807, 2.05) is 0 Å². The number of imidazole rings is 1. The van der Waals surface area contributed by atoms with E-state index in [1.54, 1.807) is 22.9 Å². The molecule has 0 saturated heterocycles. The van der Waals surface area contributed by atoms with Gasteiger partial charge in [-0.3, -0.25) is 14.2 Å². The van der Waals surface area contributed by atoms with Crippen LogP contribution in [0.15, 0.2) is 73.2 Å². The Kier molecular flexibility index (Phi) is 6.22. The van der Waals surface area contributed by atoms with Crippen molar-refractivity contribution < 1.29 is 31.5 Å². The Morgan fingerprint density at radius 3 is 2.59 bits per heavy atom. The maximum atomic E-state index is 14.2. The highest BCUT2D eigenvalue weighted by Crippen LogP contribution is 2.41. The summed E-state index contributed by atoms with van der Waals surface area (Å²) in [4.78, 5) is 34.8. The molecule has 1 aliphatic heterocycles. The molecule has 2 aromatic heterocycles. The monoisotopic (exact) mass is 583 g/mol. The molecular formula is C28H15ClF5N5O2. The molecule has 0 aliphatic carbocycles. The predicted octanol–water partition coefficient (Wildman–Crippen LogP) is 6.46. The molecule has 2 N–H and O–H groups in total. The number of hydrogen-bond donors (Lipinski definition) is 2. The largest absolute Gasteiger partial charge is 0.416 e. The van der Waals surface area contributed by atoms with Gasteiger partial charge in [0.15, 0.2) is 5.65 Å². The summed E-state index contributed by atoms with van der Waals surface area (Å²) in [5.41, 5.74) is -0.185. The number of amides is 2. The van der Waals surface area contributed by atoms with Gasteiger partial charge in [-0.1, -0.05) is 11.6 Å². The second kappa shape index (κ2) is 9.66. The summed E-state index contributed by atoms with van der Waals surface area (Å²) in [6.07, 6.45) is -1.91. The normalized spacial score (nSPS) is 14.7. The molecule has 5 aromatic rings. The number of hydrogen-bond acceptors (Lipinski definition) is 4. The zero-order chi connectivity index (χ0) is 29.1. The molecule has 13 heteroatoms. The van der Waals surface area contributed by atoms with Gasteiger partial charge < -0.3 is 10.6 Å². The third kappa shape index (κ3) is 4.76. The number of anilines is 1. The van der Waals surface area contributed by atoms with Crippen LogP contribution in [0, 0.1) is 11.6 Å². The second-order valence-corrected chi connectivity index (χ2v) is 9.58. The highest BCUT2D eigenvalue weighted by atomic mass is 35.5. The lowest BCUT2D eigenvalue weighted by Crippen LogP contribution is -2.21. The van der Waals surface area contributed by atoms with Crippen LogP contribution in [0.5, 0.6) is 0 Å². The lowest BCUT2D eigenvalue weighted by molar-refractivity contribution is -0.137. The maximum Gasteiger partial charge on any atom is 0.416 e. The van der Waals surface area contributed by atoms with E-state index >= 15 is 0 Å². The highest BCUT2D eigenvalue weighted by molar-refractivity contribution is 6.31. The van der Waals surface area contributed by atoms with Crippen molar-refractivity contribution in [3.05, 3.63) is 118 Å². The highest BCUT2D eigenvalue weighted by Gasteiger charge is 2.36. The molecule has 0 radical (unpaired) electrons. The quantitative estimate of drug-likeness (QED) is 0.238. The minimum absolute atomic E-state index is 0.00487. The summed E-state index contributed by atoms with van der Waals surface area (Å²) < 4.78 is 69.8. The first-order chi connectivity index (χ1) is 19.5. The standard InChI is InChI=1S/C28H15ClF5N5O2/c29-20-4-3-15(30)9-18(20)24-23-19(27(41)38-24)10-17(39-12-36-25-22(39)2-1-5-35-25)11-21(23)37-26(40)13-6-14(28(32,33)34)8-16(31)7-13/h1-12,24H,(H,37,40)(H,38,41). The number of nitrogens with zero attached hydrogens (tertiary/aromatic N) is 3. The molecule has 1 aliphatic rings. The van der Waals surface area contributed by atoms with E-state index in [4.69, 9.17) is 11.6 Å². The number of benzene rings is 3. The first-order valence-corrected chi connectivity index (χ1v) is 12.3. The van der Waals surface area contributed by atoms with Gasteiger partial charge in [0.25, 0.3) is 11.8 Å². The van der Waals surface area contributed by atoms with Crippen molar-refractivity contribution in [1.82, 2.24) is 19.9 Å². The Morgan fingerprint density at radius 2 is 1.80 bits per heavy atom. The Bertz CT molecular complexity index is 1890. The number of nitrogens with one attached hydrogen (secondary N) is 2. The number of fused-ring (bicyclic) bond motifs is 2. The van der Waals surface area contributed by atoms with E-state index in [1.165, 1.54) is 24.5 Å². The molecule has 7 nitrogen and oxygen atoms in total. The number of alkyl halides is 3. The fourth-order valence-electron chi connectivity index (χ4n) is 4.76. The van der Waals surface area contributed by atoms with Crippen molar-refractivity contribution in [3.63, 3.8) is 0 Å². The topological polar surface area (TPSA) is 88.9 Å². The summed E-state index contributed by atoms with van der Waals surface area (Å²) in [5, 5.41) is 5.36. The Hall–Kier alpha value is -4.84. The molecule has 0 saturated carbocycles. The fourth-order valence-corrected chi connectivity index (χ4v) is 4.99. The van der Waals surface area contributed by atoms with E-state index in [0.717, 1.165) is 12.1 Å². The molecule has 41 heavy (non-hydrogen) atoms. The van der Waals surface area contributed by atoms with Gasteiger partial charge in [-0.15, -0.1) is 0 Å². The Morgan fingerprint density at radius 1 is 1.00 bits per heavy atom. The molecule has 1 unspecified atom stereocenters. The van der Waals surface area contributed by atoms with Gasteiger partial charge in [-0.2, -0.15) is 13.2 Å². The molecule has 0 bridgehead atoms. The van der Waals surface area contributed by atoms with E-state index in [-0.39, 0.29) is 33.5 Å². The van der Waals surface area contributed by atoms with Crippen LogP contribution in [-0.4, -0.2) is 26.3 Å². The predicted molar refractivity (Wildman–Crippen MR) is 139 cm³/mol. The summed E-state index contributed by atoms with van der Waals surface area (Å²) in [7, 11) is 0. The van der Waals surface area contributed by atoms with Gasteiger partial charge in [0.2, 0.25) is 0 Å². The van der Waals surface area contributed by atoms with Crippen LogP contribution in [0.2, 0.25) is 5.02 Å². The summed E-state index contributed by atoms with van der Waals surface area (Å²) in [6.45, 7) is 0. The van der Waals surface area contributed by atoms with E-state index in [2.05, 4.69) is 20.6 Å². The number of carbonyl (C=O) groups excluding carboxylic acids is 2. The number of pyridine rings is 1. The molecule has 1 atom stereocenters. The molecule has 206 valence electrons. The van der Waals surface area contributed by atoms with Crippen LogP contribution in [-0.2, 0) is 6.18 Å². The van der Waals surface area contributed by atoms with Crippen LogP contribution in [0.25, 0.3) is 16.9 Å². The fraction of sp³-hybridized carbons (Fsp3) is 0.0714. The van der Waals surface area contributed by atoms with Crippen LogP contribution < -0.4 is 10.6 Å². The molecule has 3 heterocycles. The maximum absolute atomic E-state index is 14.2. The van der Waals surface area contributed by atoms with Gasteiger partial charge in [0, 0.05) is 39.2 Å². The molecule has 0 spiro atoms. The van der Waals surface area contributed by atoms with E-state index in [0.29, 0.717) is 29.0 Å². The Labute approximate surface area is 232 Å². The first-order valence-electron chi connectivity index (χ1n) is 11.9. The first kappa shape index (κ1) is 26.4. The van der Waals surface area contributed by atoms with Gasteiger partial charge in [0.1, 0.15) is 18.0 Å². The van der Waals surface area contributed by atoms with Gasteiger partial charge in [-0.25, -0.2) is 18.7 Å². The van der Waals surface area contributed by atoms with E-state index < -0.39 is 46.8 Å². The number of halogens is 6. The number of carbonyl (C=O) groups is 2. The van der Waals surface area contributed by atoms with Crippen LogP contribution >= 0.6 is 11.6 Å². The SMILES string of the molecule is O=C(Nc1cc(-n2cnc3ncccc32)cc2c1C(c1cc(F)ccc1Cl)NC2=O)c1cc(F)cc(C(F)(F)F)c1. The number of rotatable bonds is 4. The lowest BCUT2D eigenvalue weighted by Gasteiger charge is -2.19. The van der Waals surface area contributed by atoms with Crippen LogP contribution in [0.3, 0.4) is 0 Å². The molecule has 2 amide bonds.